The van der Waals surface area contributed by atoms with Crippen LogP contribution in [0.15, 0.2) is 18.2 Å². The second-order valence-electron chi connectivity index (χ2n) is 2.39. The van der Waals surface area contributed by atoms with Gasteiger partial charge in [-0.2, -0.15) is 8.42 Å². The molecule has 7 heteroatoms. The second-order valence-corrected chi connectivity index (χ2v) is 3.68. The van der Waals surface area contributed by atoms with Gasteiger partial charge in [-0.1, -0.05) is 0 Å². The lowest BCUT2D eigenvalue weighted by molar-refractivity contribution is 0.600. The molecule has 0 atom stereocenters. The van der Waals surface area contributed by atoms with Crippen molar-refractivity contribution >= 4 is 21.6 Å². The molecule has 5 nitrogen and oxygen atoms in total. The molecule has 0 fully saturated rings. The van der Waals surface area contributed by atoms with E-state index in [4.69, 9.17) is 5.73 Å². The SMILES string of the molecule is Nc1ccc(NS(N)(=O)=O)c(F)c1. The van der Waals surface area contributed by atoms with Crippen LogP contribution in [0.25, 0.3) is 0 Å². The summed E-state index contributed by atoms with van der Waals surface area (Å²) in [6.07, 6.45) is 0. The summed E-state index contributed by atoms with van der Waals surface area (Å²) in [5.74, 6) is -0.769. The molecule has 0 aliphatic rings. The number of nitrogens with two attached hydrogens (primary N) is 2. The van der Waals surface area contributed by atoms with Crippen LogP contribution in [0.1, 0.15) is 0 Å². The van der Waals surface area contributed by atoms with Gasteiger partial charge in [-0.05, 0) is 18.2 Å². The maximum Gasteiger partial charge on any atom is 0.296 e. The Labute approximate surface area is 74.7 Å². The fourth-order valence-corrected chi connectivity index (χ4v) is 1.24. The molecule has 0 heterocycles. The van der Waals surface area contributed by atoms with Gasteiger partial charge in [0.1, 0.15) is 5.82 Å². The third-order valence-corrected chi connectivity index (χ3v) is 1.75. The molecule has 0 aliphatic heterocycles. The first-order valence-corrected chi connectivity index (χ1v) is 4.79. The van der Waals surface area contributed by atoms with Crippen LogP contribution in [-0.4, -0.2) is 8.42 Å². The third-order valence-electron chi connectivity index (χ3n) is 1.25. The highest BCUT2D eigenvalue weighted by Crippen LogP contribution is 2.16. The van der Waals surface area contributed by atoms with Gasteiger partial charge in [0.15, 0.2) is 0 Å². The fraction of sp³-hybridized carbons (Fsp3) is 0. The molecule has 0 aliphatic carbocycles. The Morgan fingerprint density at radius 3 is 2.46 bits per heavy atom. The number of hydrogen-bond acceptors (Lipinski definition) is 3. The average molecular weight is 205 g/mol. The summed E-state index contributed by atoms with van der Waals surface area (Å²) in [6.45, 7) is 0. The van der Waals surface area contributed by atoms with E-state index in [1.807, 2.05) is 0 Å². The van der Waals surface area contributed by atoms with Crippen molar-refractivity contribution in [3.63, 3.8) is 0 Å². The molecule has 0 saturated carbocycles. The third kappa shape index (κ3) is 2.88. The Morgan fingerprint density at radius 2 is 2.00 bits per heavy atom. The zero-order chi connectivity index (χ0) is 10.1. The van der Waals surface area contributed by atoms with Crippen LogP contribution in [0.5, 0.6) is 0 Å². The molecule has 0 spiro atoms. The van der Waals surface area contributed by atoms with E-state index in [2.05, 4.69) is 5.14 Å². The highest BCUT2D eigenvalue weighted by atomic mass is 32.2. The molecule has 1 aromatic carbocycles. The molecule has 1 rings (SSSR count). The van der Waals surface area contributed by atoms with E-state index in [1.54, 1.807) is 4.72 Å². The molecule has 5 N–H and O–H groups in total. The van der Waals surface area contributed by atoms with E-state index in [9.17, 15) is 12.8 Å². The van der Waals surface area contributed by atoms with Crippen LogP contribution in [0.2, 0.25) is 0 Å². The summed E-state index contributed by atoms with van der Waals surface area (Å²) >= 11 is 0. The number of benzene rings is 1. The van der Waals surface area contributed by atoms with Gasteiger partial charge in [0, 0.05) is 5.69 Å². The Balaban J connectivity index is 3.04. The predicted octanol–water partition coefficient (Wildman–Crippen LogP) is 0.0233. The highest BCUT2D eigenvalue weighted by Gasteiger charge is 2.07. The zero-order valence-electron chi connectivity index (χ0n) is 6.49. The van der Waals surface area contributed by atoms with Crippen LogP contribution in [0, 0.1) is 5.82 Å². The Morgan fingerprint density at radius 1 is 1.38 bits per heavy atom. The summed E-state index contributed by atoms with van der Waals surface area (Å²) in [5.41, 5.74) is 5.22. The number of anilines is 2. The van der Waals surface area contributed by atoms with Gasteiger partial charge < -0.3 is 5.73 Å². The van der Waals surface area contributed by atoms with Gasteiger partial charge in [0.25, 0.3) is 10.2 Å². The smallest absolute Gasteiger partial charge is 0.296 e. The summed E-state index contributed by atoms with van der Waals surface area (Å²) in [7, 11) is -3.94. The summed E-state index contributed by atoms with van der Waals surface area (Å²) < 4.78 is 35.7. The quantitative estimate of drug-likeness (QED) is 0.594. The molecule has 0 unspecified atom stereocenters. The molecular weight excluding hydrogens is 197 g/mol. The van der Waals surface area contributed by atoms with E-state index in [-0.39, 0.29) is 11.4 Å². The normalized spacial score (nSPS) is 11.2. The standard InChI is InChI=1S/C6H8FN3O2S/c7-5-3-4(8)1-2-6(5)10-13(9,11)12/h1-3,10H,8H2,(H2,9,11,12). The Bertz CT molecular complexity index is 418. The van der Waals surface area contributed by atoms with E-state index < -0.39 is 16.0 Å². The van der Waals surface area contributed by atoms with Crippen molar-refractivity contribution in [1.82, 2.24) is 0 Å². The highest BCUT2D eigenvalue weighted by molar-refractivity contribution is 7.90. The van der Waals surface area contributed by atoms with Crippen molar-refractivity contribution in [3.8, 4) is 0 Å². The topological polar surface area (TPSA) is 98.2 Å². The lowest BCUT2D eigenvalue weighted by atomic mass is 10.3. The Kier molecular flexibility index (Phi) is 2.39. The molecule has 72 valence electrons. The predicted molar refractivity (Wildman–Crippen MR) is 47.5 cm³/mol. The number of halogens is 1. The molecule has 1 aromatic rings. The lowest BCUT2D eigenvalue weighted by Gasteiger charge is -2.04. The van der Waals surface area contributed by atoms with Gasteiger partial charge in [0.05, 0.1) is 5.69 Å². The van der Waals surface area contributed by atoms with E-state index in [0.29, 0.717) is 0 Å². The maximum absolute atomic E-state index is 12.9. The lowest BCUT2D eigenvalue weighted by Crippen LogP contribution is -2.22. The fourth-order valence-electron chi connectivity index (χ4n) is 0.767. The maximum atomic E-state index is 12.9. The van der Waals surface area contributed by atoms with Crippen molar-refractivity contribution in [1.29, 1.82) is 0 Å². The number of hydrogen-bond donors (Lipinski definition) is 3. The van der Waals surface area contributed by atoms with Crippen LogP contribution in [-0.2, 0) is 10.2 Å². The molecule has 0 saturated heterocycles. The molecule has 0 amide bonds. The van der Waals surface area contributed by atoms with Gasteiger partial charge in [-0.25, -0.2) is 9.53 Å². The molecule has 0 bridgehead atoms. The first-order chi connectivity index (χ1) is 5.88. The van der Waals surface area contributed by atoms with Gasteiger partial charge >= 0.3 is 0 Å². The first-order valence-electron chi connectivity index (χ1n) is 3.24. The van der Waals surface area contributed by atoms with Gasteiger partial charge in [0.2, 0.25) is 0 Å². The van der Waals surface area contributed by atoms with Crippen LogP contribution in [0.3, 0.4) is 0 Å². The number of rotatable bonds is 2. The molecule has 0 aromatic heterocycles. The molecule has 13 heavy (non-hydrogen) atoms. The van der Waals surface area contributed by atoms with Crippen molar-refractivity contribution < 1.29 is 12.8 Å². The first kappa shape index (κ1) is 9.75. The Hall–Kier alpha value is -1.34. The molecular formula is C6H8FN3O2S. The average Bonchev–Trinajstić information content (AvgIpc) is 1.93. The van der Waals surface area contributed by atoms with E-state index in [1.165, 1.54) is 12.1 Å². The van der Waals surface area contributed by atoms with Crippen molar-refractivity contribution in [3.05, 3.63) is 24.0 Å². The second kappa shape index (κ2) is 3.19. The van der Waals surface area contributed by atoms with Crippen molar-refractivity contribution in [2.24, 2.45) is 5.14 Å². The van der Waals surface area contributed by atoms with Crippen molar-refractivity contribution in [2.75, 3.05) is 10.5 Å². The van der Waals surface area contributed by atoms with Crippen molar-refractivity contribution in [2.45, 2.75) is 0 Å². The van der Waals surface area contributed by atoms with E-state index in [0.717, 1.165) is 6.07 Å². The summed E-state index contributed by atoms with van der Waals surface area (Å²) in [5, 5.41) is 4.64. The minimum atomic E-state index is -3.94. The zero-order valence-corrected chi connectivity index (χ0v) is 7.31. The van der Waals surface area contributed by atoms with Crippen LogP contribution in [0.4, 0.5) is 15.8 Å². The summed E-state index contributed by atoms with van der Waals surface area (Å²) in [6, 6.07) is 3.54. The largest absolute Gasteiger partial charge is 0.399 e. The van der Waals surface area contributed by atoms with Gasteiger partial charge in [-0.3, -0.25) is 4.72 Å². The van der Waals surface area contributed by atoms with Crippen LogP contribution < -0.4 is 15.6 Å². The molecule has 0 radical (unpaired) electrons. The number of nitrogen functional groups attached to an aromatic ring is 1. The number of nitrogens with one attached hydrogen (secondary N) is 1. The minimum absolute atomic E-state index is 0.206. The monoisotopic (exact) mass is 205 g/mol. The summed E-state index contributed by atoms with van der Waals surface area (Å²) in [4.78, 5) is 0. The van der Waals surface area contributed by atoms with Crippen LogP contribution >= 0.6 is 0 Å². The van der Waals surface area contributed by atoms with Gasteiger partial charge in [-0.15, -0.1) is 0 Å². The van der Waals surface area contributed by atoms with E-state index >= 15 is 0 Å². The minimum Gasteiger partial charge on any atom is -0.399 e.